The molecule has 2 N–H and O–H groups in total. The Kier molecular flexibility index (Phi) is 11.3. The third-order valence-corrected chi connectivity index (χ3v) is 4.79. The van der Waals surface area contributed by atoms with Crippen LogP contribution in [-0.4, -0.2) is 51.0 Å². The number of amides is 1. The molecule has 7 heteroatoms. The smallest absolute Gasteiger partial charge is 0.306 e. The molecule has 0 fully saturated rings. The quantitative estimate of drug-likeness (QED) is 0.449. The molecule has 1 aromatic rings. The average molecular weight is 421 g/mol. The Morgan fingerprint density at radius 1 is 1.13 bits per heavy atom. The molecule has 0 saturated carbocycles. The van der Waals surface area contributed by atoms with E-state index in [2.05, 4.69) is 10.6 Å². The second-order valence-electron chi connectivity index (χ2n) is 8.40. The van der Waals surface area contributed by atoms with Crippen LogP contribution in [0.15, 0.2) is 30.3 Å². The maximum atomic E-state index is 13.2. The van der Waals surface area contributed by atoms with Crippen molar-refractivity contribution in [1.29, 1.82) is 0 Å². The molecular formula is C23H36N2O5. The third kappa shape index (κ3) is 9.98. The summed E-state index contributed by atoms with van der Waals surface area (Å²) in [5, 5.41) is 5.77. The molecule has 7 nitrogen and oxygen atoms in total. The first kappa shape index (κ1) is 25.8. The van der Waals surface area contributed by atoms with Gasteiger partial charge in [0.2, 0.25) is 5.91 Å². The first-order valence-electron chi connectivity index (χ1n) is 10.3. The lowest BCUT2D eigenvalue weighted by atomic mass is 9.79. The number of hydrogen-bond donors (Lipinski definition) is 2. The van der Waals surface area contributed by atoms with Crippen molar-refractivity contribution in [2.45, 2.75) is 52.7 Å². The van der Waals surface area contributed by atoms with Crippen molar-refractivity contribution >= 4 is 17.7 Å². The lowest BCUT2D eigenvalue weighted by Crippen LogP contribution is -2.46. The van der Waals surface area contributed by atoms with Crippen LogP contribution in [0.3, 0.4) is 0 Å². The van der Waals surface area contributed by atoms with E-state index in [0.29, 0.717) is 19.6 Å². The van der Waals surface area contributed by atoms with Crippen LogP contribution in [0.5, 0.6) is 0 Å². The van der Waals surface area contributed by atoms with Gasteiger partial charge in [-0.05, 0) is 30.9 Å². The summed E-state index contributed by atoms with van der Waals surface area (Å²) >= 11 is 0. The van der Waals surface area contributed by atoms with Gasteiger partial charge in [-0.1, -0.05) is 44.2 Å². The van der Waals surface area contributed by atoms with Crippen LogP contribution >= 0.6 is 0 Å². The van der Waals surface area contributed by atoms with Gasteiger partial charge >= 0.3 is 5.97 Å². The fraction of sp³-hybridized carbons (Fsp3) is 0.609. The van der Waals surface area contributed by atoms with Crippen molar-refractivity contribution in [3.63, 3.8) is 0 Å². The van der Waals surface area contributed by atoms with E-state index >= 15 is 0 Å². The highest BCUT2D eigenvalue weighted by Gasteiger charge is 2.32. The van der Waals surface area contributed by atoms with Gasteiger partial charge in [0.15, 0.2) is 5.78 Å². The molecule has 0 spiro atoms. The van der Waals surface area contributed by atoms with Crippen molar-refractivity contribution < 1.29 is 23.9 Å². The number of hydrogen-bond acceptors (Lipinski definition) is 6. The molecule has 2 atom stereocenters. The Labute approximate surface area is 179 Å². The summed E-state index contributed by atoms with van der Waals surface area (Å²) in [5.41, 5.74) is 0.705. The van der Waals surface area contributed by atoms with Gasteiger partial charge in [-0.25, -0.2) is 0 Å². The highest BCUT2D eigenvalue weighted by molar-refractivity contribution is 5.90. The Hall–Kier alpha value is -2.25. The maximum Gasteiger partial charge on any atom is 0.306 e. The summed E-state index contributed by atoms with van der Waals surface area (Å²) in [6.07, 6.45) is 0.864. The lowest BCUT2D eigenvalue weighted by Gasteiger charge is -2.30. The van der Waals surface area contributed by atoms with Gasteiger partial charge in [0.05, 0.1) is 12.6 Å². The summed E-state index contributed by atoms with van der Waals surface area (Å²) in [6, 6.07) is 8.67. The molecule has 0 radical (unpaired) electrons. The molecule has 0 saturated heterocycles. The van der Waals surface area contributed by atoms with Crippen molar-refractivity contribution in [2.24, 2.45) is 11.3 Å². The zero-order chi connectivity index (χ0) is 22.6. The summed E-state index contributed by atoms with van der Waals surface area (Å²) in [5.74, 6) is -1.09. The molecule has 2 unspecified atom stereocenters. The highest BCUT2D eigenvalue weighted by Crippen LogP contribution is 2.27. The van der Waals surface area contributed by atoms with E-state index in [1.54, 1.807) is 14.2 Å². The largest absolute Gasteiger partial charge is 0.461 e. The monoisotopic (exact) mass is 420 g/mol. The summed E-state index contributed by atoms with van der Waals surface area (Å²) in [4.78, 5) is 37.0. The predicted octanol–water partition coefficient (Wildman–Crippen LogP) is 2.48. The van der Waals surface area contributed by atoms with Gasteiger partial charge < -0.3 is 20.1 Å². The zero-order valence-electron chi connectivity index (χ0n) is 18.8. The fourth-order valence-electron chi connectivity index (χ4n) is 3.52. The van der Waals surface area contributed by atoms with Gasteiger partial charge in [-0.15, -0.1) is 0 Å². The molecular weight excluding hydrogens is 384 g/mol. The van der Waals surface area contributed by atoms with Crippen molar-refractivity contribution in [2.75, 3.05) is 27.3 Å². The molecule has 0 bridgehead atoms. The van der Waals surface area contributed by atoms with Crippen LogP contribution < -0.4 is 10.6 Å². The predicted molar refractivity (Wildman–Crippen MR) is 116 cm³/mol. The zero-order valence-corrected chi connectivity index (χ0v) is 18.8. The second-order valence-corrected chi connectivity index (χ2v) is 8.40. The minimum Gasteiger partial charge on any atom is -0.461 e. The minimum absolute atomic E-state index is 0.0528. The standard InChI is InChI=1S/C23H36N2O5/c1-17(26)25-20(11-12-21(27)30-15-18-9-7-6-8-10-18)22(28)19(14-24-4)13-23(2,3)16-29-5/h6-10,19-20,24H,11-16H2,1-5H3,(H,25,26). The molecule has 1 aromatic carbocycles. The molecule has 0 aliphatic heterocycles. The van der Waals surface area contributed by atoms with Crippen molar-refractivity contribution in [3.8, 4) is 0 Å². The van der Waals surface area contributed by atoms with E-state index in [1.807, 2.05) is 44.2 Å². The number of Topliss-reactive ketones (excluding diaryl/α,β-unsaturated/α-hetero) is 1. The van der Waals surface area contributed by atoms with E-state index in [1.165, 1.54) is 6.92 Å². The Bertz CT molecular complexity index is 675. The van der Waals surface area contributed by atoms with Gasteiger partial charge in [0.25, 0.3) is 0 Å². The van der Waals surface area contributed by atoms with Gasteiger partial charge in [0, 0.05) is 32.9 Å². The Morgan fingerprint density at radius 3 is 2.37 bits per heavy atom. The first-order chi connectivity index (χ1) is 14.2. The SMILES string of the molecule is CNCC(CC(C)(C)COC)C(=O)C(CCC(=O)OCc1ccccc1)NC(C)=O. The molecule has 30 heavy (non-hydrogen) atoms. The Balaban J connectivity index is 2.73. The van der Waals surface area contributed by atoms with E-state index < -0.39 is 12.0 Å². The molecule has 0 aliphatic rings. The minimum atomic E-state index is -0.733. The number of benzene rings is 1. The van der Waals surface area contributed by atoms with Crippen molar-refractivity contribution in [3.05, 3.63) is 35.9 Å². The number of esters is 1. The molecule has 168 valence electrons. The third-order valence-electron chi connectivity index (χ3n) is 4.79. The number of rotatable bonds is 14. The maximum absolute atomic E-state index is 13.2. The number of carbonyl (C=O) groups excluding carboxylic acids is 3. The summed E-state index contributed by atoms with van der Waals surface area (Å²) in [7, 11) is 3.43. The number of ether oxygens (including phenoxy) is 2. The summed E-state index contributed by atoms with van der Waals surface area (Å²) < 4.78 is 10.6. The fourth-order valence-corrected chi connectivity index (χ4v) is 3.52. The van der Waals surface area contributed by atoms with E-state index in [9.17, 15) is 14.4 Å². The van der Waals surface area contributed by atoms with Crippen LogP contribution in [0, 0.1) is 11.3 Å². The topological polar surface area (TPSA) is 93.7 Å². The van der Waals surface area contributed by atoms with Gasteiger partial charge in [-0.2, -0.15) is 0 Å². The molecule has 0 aliphatic carbocycles. The lowest BCUT2D eigenvalue weighted by molar-refractivity contribution is -0.145. The molecule has 1 rings (SSSR count). The average Bonchev–Trinajstić information content (AvgIpc) is 2.69. The van der Waals surface area contributed by atoms with E-state index in [0.717, 1.165) is 5.56 Å². The van der Waals surface area contributed by atoms with Crippen LogP contribution in [0.4, 0.5) is 0 Å². The number of carbonyl (C=O) groups is 3. The number of ketones is 1. The second kappa shape index (κ2) is 13.1. The van der Waals surface area contributed by atoms with E-state index in [4.69, 9.17) is 9.47 Å². The van der Waals surface area contributed by atoms with Crippen molar-refractivity contribution in [1.82, 2.24) is 10.6 Å². The van der Waals surface area contributed by atoms with Gasteiger partial charge in [0.1, 0.15) is 6.61 Å². The van der Waals surface area contributed by atoms with Crippen LogP contribution in [0.2, 0.25) is 0 Å². The van der Waals surface area contributed by atoms with Gasteiger partial charge in [-0.3, -0.25) is 14.4 Å². The molecule has 0 aromatic heterocycles. The molecule has 1 amide bonds. The number of nitrogens with one attached hydrogen (secondary N) is 2. The normalized spacial score (nSPS) is 13.4. The first-order valence-corrected chi connectivity index (χ1v) is 10.3. The number of methoxy groups -OCH3 is 1. The highest BCUT2D eigenvalue weighted by atomic mass is 16.5. The van der Waals surface area contributed by atoms with Crippen LogP contribution in [0.1, 0.15) is 45.6 Å². The van der Waals surface area contributed by atoms with Crippen LogP contribution in [-0.2, 0) is 30.5 Å². The summed E-state index contributed by atoms with van der Waals surface area (Å²) in [6.45, 7) is 6.65. The van der Waals surface area contributed by atoms with E-state index in [-0.39, 0.29) is 42.5 Å². The van der Waals surface area contributed by atoms with Crippen LogP contribution in [0.25, 0.3) is 0 Å². The Morgan fingerprint density at radius 2 is 1.80 bits per heavy atom. The molecule has 0 heterocycles.